The Kier molecular flexibility index (Phi) is 5.05. The number of anilines is 2. The highest BCUT2D eigenvalue weighted by molar-refractivity contribution is 9.10. The van der Waals surface area contributed by atoms with E-state index in [9.17, 15) is 9.59 Å². The van der Waals surface area contributed by atoms with Crippen LogP contribution in [0, 0.1) is 5.92 Å². The van der Waals surface area contributed by atoms with E-state index in [-0.39, 0.29) is 24.2 Å². The van der Waals surface area contributed by atoms with E-state index in [1.165, 1.54) is 0 Å². The fourth-order valence-corrected chi connectivity index (χ4v) is 3.97. The Morgan fingerprint density at radius 2 is 1.89 bits per heavy atom. The third-order valence-corrected chi connectivity index (χ3v) is 5.82. The Bertz CT molecular complexity index is 956. The van der Waals surface area contributed by atoms with E-state index < -0.39 is 0 Å². The number of hydrogen-bond donors (Lipinski definition) is 1. The van der Waals surface area contributed by atoms with E-state index in [1.807, 2.05) is 53.9 Å². The molecule has 1 unspecified atom stereocenters. The highest BCUT2D eigenvalue weighted by atomic mass is 79.9. The van der Waals surface area contributed by atoms with Crippen molar-refractivity contribution in [1.82, 2.24) is 4.98 Å². The van der Waals surface area contributed by atoms with Gasteiger partial charge >= 0.3 is 0 Å². The van der Waals surface area contributed by atoms with Gasteiger partial charge in [-0.3, -0.25) is 9.59 Å². The second kappa shape index (κ2) is 7.62. The summed E-state index contributed by atoms with van der Waals surface area (Å²) >= 11 is 4.96. The molecule has 0 saturated carbocycles. The SMILES string of the molecule is O=C(Nc1ccc(-c2nccs2)cc1)C1CC(=O)N(c2ccc(Br)cc2)C1. The van der Waals surface area contributed by atoms with Gasteiger partial charge in [-0.15, -0.1) is 11.3 Å². The summed E-state index contributed by atoms with van der Waals surface area (Å²) in [5.41, 5.74) is 2.54. The molecule has 7 heteroatoms. The quantitative estimate of drug-likeness (QED) is 0.644. The van der Waals surface area contributed by atoms with Crippen molar-refractivity contribution in [2.24, 2.45) is 5.92 Å². The predicted octanol–water partition coefficient (Wildman–Crippen LogP) is 4.56. The van der Waals surface area contributed by atoms with Gasteiger partial charge in [-0.2, -0.15) is 0 Å². The molecule has 2 heterocycles. The summed E-state index contributed by atoms with van der Waals surface area (Å²) in [7, 11) is 0. The van der Waals surface area contributed by atoms with Crippen molar-refractivity contribution < 1.29 is 9.59 Å². The van der Waals surface area contributed by atoms with Gasteiger partial charge in [0.05, 0.1) is 5.92 Å². The molecular formula is C20H16BrN3O2S. The van der Waals surface area contributed by atoms with Crippen molar-refractivity contribution >= 4 is 50.5 Å². The standard InChI is InChI=1S/C20H16BrN3O2S/c21-15-3-7-17(8-4-15)24-12-14(11-18(24)25)19(26)23-16-5-1-13(2-6-16)20-22-9-10-27-20/h1-10,14H,11-12H2,(H,23,26). The van der Waals surface area contributed by atoms with Gasteiger partial charge in [0.25, 0.3) is 0 Å². The van der Waals surface area contributed by atoms with Crippen molar-refractivity contribution in [3.8, 4) is 10.6 Å². The Labute approximate surface area is 169 Å². The van der Waals surface area contributed by atoms with Crippen LogP contribution in [0.4, 0.5) is 11.4 Å². The molecule has 1 atom stereocenters. The highest BCUT2D eigenvalue weighted by Crippen LogP contribution is 2.28. The summed E-state index contributed by atoms with van der Waals surface area (Å²) < 4.78 is 0.952. The van der Waals surface area contributed by atoms with E-state index in [2.05, 4.69) is 26.2 Å². The predicted molar refractivity (Wildman–Crippen MR) is 111 cm³/mol. The van der Waals surface area contributed by atoms with Crippen LogP contribution in [0.3, 0.4) is 0 Å². The molecule has 1 aliphatic heterocycles. The number of nitrogens with zero attached hydrogens (tertiary/aromatic N) is 2. The number of carbonyl (C=O) groups is 2. The molecule has 0 aliphatic carbocycles. The minimum absolute atomic E-state index is 0.0309. The number of carbonyl (C=O) groups excluding carboxylic acids is 2. The minimum atomic E-state index is -0.361. The molecule has 0 spiro atoms. The van der Waals surface area contributed by atoms with Crippen LogP contribution in [0.1, 0.15) is 6.42 Å². The van der Waals surface area contributed by atoms with Crippen LogP contribution < -0.4 is 10.2 Å². The molecule has 1 saturated heterocycles. The number of nitrogens with one attached hydrogen (secondary N) is 1. The zero-order valence-corrected chi connectivity index (χ0v) is 16.7. The van der Waals surface area contributed by atoms with Gasteiger partial charge in [0, 0.05) is 46.0 Å². The van der Waals surface area contributed by atoms with Crippen LogP contribution in [0.25, 0.3) is 10.6 Å². The maximum absolute atomic E-state index is 12.6. The molecule has 5 nitrogen and oxygen atoms in total. The van der Waals surface area contributed by atoms with Gasteiger partial charge in [-0.05, 0) is 48.5 Å². The van der Waals surface area contributed by atoms with Gasteiger partial charge in [0.1, 0.15) is 5.01 Å². The second-order valence-corrected chi connectivity index (χ2v) is 8.10. The average molecular weight is 442 g/mol. The number of halogens is 1. The molecule has 4 rings (SSSR count). The van der Waals surface area contributed by atoms with E-state index in [4.69, 9.17) is 0 Å². The monoisotopic (exact) mass is 441 g/mol. The number of aromatic nitrogens is 1. The summed E-state index contributed by atoms with van der Waals surface area (Å²) in [5, 5.41) is 5.79. The second-order valence-electron chi connectivity index (χ2n) is 6.29. The van der Waals surface area contributed by atoms with Crippen molar-refractivity contribution in [2.45, 2.75) is 6.42 Å². The number of amides is 2. The molecule has 2 aromatic carbocycles. The first-order valence-corrected chi connectivity index (χ1v) is 10.1. The fraction of sp³-hybridized carbons (Fsp3) is 0.150. The highest BCUT2D eigenvalue weighted by Gasteiger charge is 2.35. The lowest BCUT2D eigenvalue weighted by Crippen LogP contribution is -2.28. The third-order valence-electron chi connectivity index (χ3n) is 4.47. The Hall–Kier alpha value is -2.51. The van der Waals surface area contributed by atoms with E-state index in [0.29, 0.717) is 6.54 Å². The molecule has 0 radical (unpaired) electrons. The zero-order chi connectivity index (χ0) is 18.8. The normalized spacial score (nSPS) is 16.6. The van der Waals surface area contributed by atoms with Crippen molar-refractivity contribution in [3.63, 3.8) is 0 Å². The number of rotatable bonds is 4. The van der Waals surface area contributed by atoms with Crippen molar-refractivity contribution in [1.29, 1.82) is 0 Å². The maximum Gasteiger partial charge on any atom is 0.229 e. The van der Waals surface area contributed by atoms with Crippen molar-refractivity contribution in [2.75, 3.05) is 16.8 Å². The van der Waals surface area contributed by atoms with Gasteiger partial charge in [0.15, 0.2) is 0 Å². The van der Waals surface area contributed by atoms with Gasteiger partial charge < -0.3 is 10.2 Å². The van der Waals surface area contributed by atoms with E-state index in [1.54, 1.807) is 22.4 Å². The Morgan fingerprint density at radius 1 is 1.15 bits per heavy atom. The molecule has 1 aromatic heterocycles. The maximum atomic E-state index is 12.6. The molecule has 1 fully saturated rings. The van der Waals surface area contributed by atoms with Gasteiger partial charge in [-0.25, -0.2) is 4.98 Å². The smallest absolute Gasteiger partial charge is 0.229 e. The van der Waals surface area contributed by atoms with Gasteiger partial charge in [-0.1, -0.05) is 15.9 Å². The first kappa shape index (κ1) is 17.9. The minimum Gasteiger partial charge on any atom is -0.326 e. The largest absolute Gasteiger partial charge is 0.326 e. The van der Waals surface area contributed by atoms with Crippen molar-refractivity contribution in [3.05, 3.63) is 64.6 Å². The first-order chi connectivity index (χ1) is 13.1. The number of hydrogen-bond acceptors (Lipinski definition) is 4. The summed E-state index contributed by atoms with van der Waals surface area (Å²) in [6, 6.07) is 15.1. The lowest BCUT2D eigenvalue weighted by molar-refractivity contribution is -0.122. The first-order valence-electron chi connectivity index (χ1n) is 8.47. The molecule has 1 N–H and O–H groups in total. The number of benzene rings is 2. The topological polar surface area (TPSA) is 62.3 Å². The van der Waals surface area contributed by atoms with Crippen LogP contribution in [0.2, 0.25) is 0 Å². The molecule has 136 valence electrons. The fourth-order valence-electron chi connectivity index (χ4n) is 3.06. The summed E-state index contributed by atoms with van der Waals surface area (Å²) in [6.45, 7) is 0.392. The zero-order valence-electron chi connectivity index (χ0n) is 14.3. The molecule has 27 heavy (non-hydrogen) atoms. The molecule has 2 amide bonds. The van der Waals surface area contributed by atoms with Crippen LogP contribution in [-0.4, -0.2) is 23.3 Å². The van der Waals surface area contributed by atoms with Crippen LogP contribution >= 0.6 is 27.3 Å². The average Bonchev–Trinajstić information content (AvgIpc) is 3.33. The summed E-state index contributed by atoms with van der Waals surface area (Å²) in [4.78, 5) is 30.9. The Morgan fingerprint density at radius 3 is 2.56 bits per heavy atom. The number of thiazole rings is 1. The molecule has 3 aromatic rings. The van der Waals surface area contributed by atoms with E-state index in [0.717, 1.165) is 26.4 Å². The third kappa shape index (κ3) is 3.94. The molecule has 1 aliphatic rings. The van der Waals surface area contributed by atoms with Crippen LogP contribution in [0.5, 0.6) is 0 Å². The summed E-state index contributed by atoms with van der Waals surface area (Å²) in [5.74, 6) is -0.527. The summed E-state index contributed by atoms with van der Waals surface area (Å²) in [6.07, 6.45) is 1.99. The van der Waals surface area contributed by atoms with Crippen LogP contribution in [-0.2, 0) is 9.59 Å². The van der Waals surface area contributed by atoms with Gasteiger partial charge in [0.2, 0.25) is 11.8 Å². The molecular weight excluding hydrogens is 426 g/mol. The molecule has 0 bridgehead atoms. The van der Waals surface area contributed by atoms with E-state index >= 15 is 0 Å². The lowest BCUT2D eigenvalue weighted by Gasteiger charge is -2.16. The Balaban J connectivity index is 1.41. The van der Waals surface area contributed by atoms with Crippen LogP contribution in [0.15, 0.2) is 64.6 Å². The lowest BCUT2D eigenvalue weighted by atomic mass is 10.1.